The molecule has 2 aromatic rings. The van der Waals surface area contributed by atoms with E-state index < -0.39 is 5.82 Å². The molecular formula is C10H9ClFN3. The van der Waals surface area contributed by atoms with E-state index >= 15 is 0 Å². The molecule has 2 N–H and O–H groups in total. The molecule has 15 heavy (non-hydrogen) atoms. The van der Waals surface area contributed by atoms with Gasteiger partial charge in [0, 0.05) is 12.4 Å². The van der Waals surface area contributed by atoms with Crippen LogP contribution in [0.25, 0.3) is 0 Å². The lowest BCUT2D eigenvalue weighted by Crippen LogP contribution is -2.04. The van der Waals surface area contributed by atoms with Crippen molar-refractivity contribution in [2.24, 2.45) is 0 Å². The minimum atomic E-state index is -0.423. The van der Waals surface area contributed by atoms with Crippen LogP contribution < -0.4 is 5.73 Å². The first kappa shape index (κ1) is 9.98. The first-order chi connectivity index (χ1) is 7.18. The number of nitrogens with zero attached hydrogens (tertiary/aromatic N) is 2. The number of imidazole rings is 1. The highest BCUT2D eigenvalue weighted by Crippen LogP contribution is 2.21. The van der Waals surface area contributed by atoms with Crippen molar-refractivity contribution in [3.8, 4) is 0 Å². The molecule has 3 nitrogen and oxygen atoms in total. The fourth-order valence-corrected chi connectivity index (χ4v) is 1.51. The molecule has 0 aliphatic heterocycles. The summed E-state index contributed by atoms with van der Waals surface area (Å²) in [6, 6.07) is 4.69. The average Bonchev–Trinajstić information content (AvgIpc) is 2.60. The highest BCUT2D eigenvalue weighted by molar-refractivity contribution is 6.31. The van der Waals surface area contributed by atoms with Gasteiger partial charge in [0.15, 0.2) is 5.95 Å². The molecule has 78 valence electrons. The first-order valence-corrected chi connectivity index (χ1v) is 4.76. The normalized spacial score (nSPS) is 10.5. The van der Waals surface area contributed by atoms with Crippen LogP contribution in [-0.2, 0) is 6.54 Å². The number of halogens is 2. The molecule has 0 bridgehead atoms. The van der Waals surface area contributed by atoms with Gasteiger partial charge in [-0.1, -0.05) is 23.7 Å². The second kappa shape index (κ2) is 3.90. The van der Waals surface area contributed by atoms with Crippen LogP contribution in [0, 0.1) is 5.82 Å². The second-order valence-corrected chi connectivity index (χ2v) is 3.50. The van der Waals surface area contributed by atoms with Crippen LogP contribution in [-0.4, -0.2) is 9.55 Å². The van der Waals surface area contributed by atoms with E-state index in [1.54, 1.807) is 29.1 Å². The van der Waals surface area contributed by atoms with E-state index in [9.17, 15) is 4.39 Å². The van der Waals surface area contributed by atoms with Crippen molar-refractivity contribution in [2.75, 3.05) is 5.73 Å². The number of benzene rings is 1. The predicted molar refractivity (Wildman–Crippen MR) is 57.2 cm³/mol. The smallest absolute Gasteiger partial charge is 0.200 e. The van der Waals surface area contributed by atoms with E-state index in [-0.39, 0.29) is 5.02 Å². The highest BCUT2D eigenvalue weighted by Gasteiger charge is 2.07. The minimum absolute atomic E-state index is 0.130. The summed E-state index contributed by atoms with van der Waals surface area (Å²) in [6.45, 7) is 0.419. The monoisotopic (exact) mass is 225 g/mol. The number of rotatable bonds is 2. The largest absolute Gasteiger partial charge is 0.369 e. The van der Waals surface area contributed by atoms with E-state index in [0.29, 0.717) is 18.1 Å². The van der Waals surface area contributed by atoms with Crippen LogP contribution >= 0.6 is 11.6 Å². The van der Waals surface area contributed by atoms with E-state index in [1.807, 2.05) is 0 Å². The second-order valence-electron chi connectivity index (χ2n) is 3.13. The van der Waals surface area contributed by atoms with Crippen molar-refractivity contribution >= 4 is 17.5 Å². The minimum Gasteiger partial charge on any atom is -0.369 e. The van der Waals surface area contributed by atoms with Crippen molar-refractivity contribution in [2.45, 2.75) is 6.54 Å². The third-order valence-electron chi connectivity index (χ3n) is 2.12. The van der Waals surface area contributed by atoms with Crippen LogP contribution in [0.4, 0.5) is 10.3 Å². The number of nitrogens with two attached hydrogens (primary N) is 1. The Kier molecular flexibility index (Phi) is 2.60. The van der Waals surface area contributed by atoms with Gasteiger partial charge in [-0.15, -0.1) is 0 Å². The van der Waals surface area contributed by atoms with E-state index in [2.05, 4.69) is 4.98 Å². The van der Waals surface area contributed by atoms with Crippen LogP contribution in [0.3, 0.4) is 0 Å². The van der Waals surface area contributed by atoms with Gasteiger partial charge in [0.1, 0.15) is 5.82 Å². The zero-order valence-corrected chi connectivity index (χ0v) is 8.58. The van der Waals surface area contributed by atoms with Gasteiger partial charge in [0.2, 0.25) is 0 Å². The van der Waals surface area contributed by atoms with Gasteiger partial charge in [0.05, 0.1) is 11.6 Å². The number of nitrogen functional groups attached to an aromatic ring is 1. The zero-order chi connectivity index (χ0) is 10.8. The Balaban J connectivity index is 2.33. The molecular weight excluding hydrogens is 217 g/mol. The molecule has 0 saturated carbocycles. The summed E-state index contributed by atoms with van der Waals surface area (Å²) in [5.41, 5.74) is 6.27. The van der Waals surface area contributed by atoms with Crippen molar-refractivity contribution < 1.29 is 4.39 Å². The number of anilines is 1. The molecule has 1 aromatic carbocycles. The summed E-state index contributed by atoms with van der Waals surface area (Å²) < 4.78 is 14.8. The van der Waals surface area contributed by atoms with Crippen LogP contribution in [0.1, 0.15) is 5.56 Å². The third-order valence-corrected chi connectivity index (χ3v) is 2.54. The third kappa shape index (κ3) is 1.94. The van der Waals surface area contributed by atoms with Crippen molar-refractivity contribution in [1.29, 1.82) is 0 Å². The summed E-state index contributed by atoms with van der Waals surface area (Å²) in [5.74, 6) is -0.0387. The van der Waals surface area contributed by atoms with Gasteiger partial charge in [0.25, 0.3) is 0 Å². The molecule has 0 fully saturated rings. The van der Waals surface area contributed by atoms with E-state index in [4.69, 9.17) is 17.3 Å². The van der Waals surface area contributed by atoms with Gasteiger partial charge in [-0.3, -0.25) is 0 Å². The molecule has 1 heterocycles. The molecule has 0 aliphatic rings. The summed E-state index contributed by atoms with van der Waals surface area (Å²) in [5, 5.41) is 0.130. The Morgan fingerprint density at radius 3 is 2.93 bits per heavy atom. The quantitative estimate of drug-likeness (QED) is 0.853. The number of aromatic nitrogens is 2. The zero-order valence-electron chi connectivity index (χ0n) is 7.82. The van der Waals surface area contributed by atoms with Crippen LogP contribution in [0.15, 0.2) is 30.6 Å². The molecule has 1 aromatic heterocycles. The van der Waals surface area contributed by atoms with E-state index in [1.165, 1.54) is 6.07 Å². The van der Waals surface area contributed by atoms with Gasteiger partial charge < -0.3 is 10.3 Å². The van der Waals surface area contributed by atoms with Gasteiger partial charge in [-0.2, -0.15) is 0 Å². The Morgan fingerprint density at radius 2 is 2.27 bits per heavy atom. The maximum absolute atomic E-state index is 13.1. The maximum atomic E-state index is 13.1. The first-order valence-electron chi connectivity index (χ1n) is 4.38. The molecule has 5 heteroatoms. The fraction of sp³-hybridized carbons (Fsp3) is 0.100. The summed E-state index contributed by atoms with van der Waals surface area (Å²) >= 11 is 5.81. The summed E-state index contributed by atoms with van der Waals surface area (Å²) in [4.78, 5) is 3.87. The lowest BCUT2D eigenvalue weighted by Gasteiger charge is -2.07. The van der Waals surface area contributed by atoms with Crippen LogP contribution in [0.5, 0.6) is 0 Å². The molecule has 0 spiro atoms. The summed E-state index contributed by atoms with van der Waals surface area (Å²) in [7, 11) is 0. The Labute approximate surface area is 91.3 Å². The standard InChI is InChI=1S/C10H9ClFN3/c11-9-7(2-1-3-8(9)12)6-15-5-4-14-10(15)13/h1-5H,6H2,(H2,13,14). The SMILES string of the molecule is Nc1nccn1Cc1cccc(F)c1Cl. The van der Waals surface area contributed by atoms with Crippen LogP contribution in [0.2, 0.25) is 5.02 Å². The topological polar surface area (TPSA) is 43.8 Å². The van der Waals surface area contributed by atoms with Gasteiger partial charge >= 0.3 is 0 Å². The highest BCUT2D eigenvalue weighted by atomic mass is 35.5. The van der Waals surface area contributed by atoms with Crippen molar-refractivity contribution in [1.82, 2.24) is 9.55 Å². The molecule has 2 rings (SSSR count). The number of hydrogen-bond donors (Lipinski definition) is 1. The predicted octanol–water partition coefficient (Wildman–Crippen LogP) is 2.31. The van der Waals surface area contributed by atoms with Gasteiger partial charge in [-0.05, 0) is 11.6 Å². The molecule has 0 unspecified atom stereocenters. The molecule has 0 saturated heterocycles. The fourth-order valence-electron chi connectivity index (χ4n) is 1.33. The van der Waals surface area contributed by atoms with Crippen molar-refractivity contribution in [3.63, 3.8) is 0 Å². The number of hydrogen-bond acceptors (Lipinski definition) is 2. The summed E-state index contributed by atoms with van der Waals surface area (Å²) in [6.07, 6.45) is 3.30. The Morgan fingerprint density at radius 1 is 1.47 bits per heavy atom. The average molecular weight is 226 g/mol. The lowest BCUT2D eigenvalue weighted by atomic mass is 10.2. The van der Waals surface area contributed by atoms with Gasteiger partial charge in [-0.25, -0.2) is 9.37 Å². The van der Waals surface area contributed by atoms with E-state index in [0.717, 1.165) is 0 Å². The maximum Gasteiger partial charge on any atom is 0.200 e. The molecule has 0 amide bonds. The lowest BCUT2D eigenvalue weighted by molar-refractivity contribution is 0.624. The molecule has 0 radical (unpaired) electrons. The Hall–Kier alpha value is -1.55. The van der Waals surface area contributed by atoms with Crippen molar-refractivity contribution in [3.05, 3.63) is 47.0 Å². The molecule has 0 atom stereocenters. The molecule has 0 aliphatic carbocycles. The Bertz CT molecular complexity index is 481.